The number of methoxy groups -OCH3 is 1. The predicted molar refractivity (Wildman–Crippen MR) is 104 cm³/mol. The van der Waals surface area contributed by atoms with Crippen LogP contribution in [0.5, 0.6) is 5.75 Å². The highest BCUT2D eigenvalue weighted by molar-refractivity contribution is 7.91. The van der Waals surface area contributed by atoms with Gasteiger partial charge in [0.15, 0.2) is 9.84 Å². The highest BCUT2D eigenvalue weighted by atomic mass is 35.5. The number of carbonyl (C=O) groups is 1. The third-order valence-corrected chi connectivity index (χ3v) is 5.81. The van der Waals surface area contributed by atoms with E-state index in [9.17, 15) is 13.2 Å². The van der Waals surface area contributed by atoms with Gasteiger partial charge < -0.3 is 15.0 Å². The lowest BCUT2D eigenvalue weighted by atomic mass is 10.2. The number of carbonyl (C=O) groups excluding carboxylic acids is 1. The monoisotopic (exact) mass is 416 g/mol. The summed E-state index contributed by atoms with van der Waals surface area (Å²) in [5.41, 5.74) is 0.971. The van der Waals surface area contributed by atoms with Crippen LogP contribution in [0.1, 0.15) is 0 Å². The summed E-state index contributed by atoms with van der Waals surface area (Å²) in [7, 11) is -0.692. The van der Waals surface area contributed by atoms with E-state index in [1.165, 1.54) is 18.1 Å². The number of halogens is 2. The molecule has 0 aromatic heterocycles. The van der Waals surface area contributed by atoms with Crippen LogP contribution < -0.4 is 15.0 Å². The van der Waals surface area contributed by atoms with Crippen molar-refractivity contribution in [2.45, 2.75) is 4.90 Å². The molecule has 0 aliphatic carbocycles. The van der Waals surface area contributed by atoms with E-state index in [1.54, 1.807) is 19.2 Å². The van der Waals surface area contributed by atoms with E-state index in [-0.39, 0.29) is 38.8 Å². The van der Waals surface area contributed by atoms with Gasteiger partial charge in [0.1, 0.15) is 15.7 Å². The Labute approximate surface area is 162 Å². The number of benzene rings is 2. The third-order valence-electron chi connectivity index (χ3n) is 3.67. The molecule has 9 heteroatoms. The molecule has 26 heavy (non-hydrogen) atoms. The summed E-state index contributed by atoms with van der Waals surface area (Å²) in [5, 5.41) is 2.66. The molecule has 0 saturated carbocycles. The molecule has 0 heterocycles. The average molecular weight is 417 g/mol. The van der Waals surface area contributed by atoms with Gasteiger partial charge in [-0.2, -0.15) is 0 Å². The number of sulfone groups is 1. The molecule has 2 aromatic rings. The fourth-order valence-electron chi connectivity index (χ4n) is 2.28. The second-order valence-electron chi connectivity index (χ2n) is 5.50. The first-order valence-corrected chi connectivity index (χ1v) is 10.1. The summed E-state index contributed by atoms with van der Waals surface area (Å²) in [6.45, 7) is -0.0981. The number of hydrogen-bond acceptors (Lipinski definition) is 5. The topological polar surface area (TPSA) is 75.7 Å². The Morgan fingerprint density at radius 1 is 1.19 bits per heavy atom. The third kappa shape index (κ3) is 4.41. The number of amides is 1. The van der Waals surface area contributed by atoms with Crippen LogP contribution in [0.2, 0.25) is 10.0 Å². The summed E-state index contributed by atoms with van der Waals surface area (Å²) in [5.74, 6) is -0.0926. The lowest BCUT2D eigenvalue weighted by Crippen LogP contribution is -2.32. The first-order valence-electron chi connectivity index (χ1n) is 7.48. The Morgan fingerprint density at radius 3 is 2.35 bits per heavy atom. The van der Waals surface area contributed by atoms with Gasteiger partial charge in [0.25, 0.3) is 0 Å². The summed E-state index contributed by atoms with van der Waals surface area (Å²) < 4.78 is 29.1. The summed E-state index contributed by atoms with van der Waals surface area (Å²) >= 11 is 12.3. The Kier molecular flexibility index (Phi) is 6.39. The minimum absolute atomic E-state index is 0.0894. The van der Waals surface area contributed by atoms with Gasteiger partial charge >= 0.3 is 0 Å². The van der Waals surface area contributed by atoms with Gasteiger partial charge in [-0.25, -0.2) is 8.42 Å². The Morgan fingerprint density at radius 2 is 1.81 bits per heavy atom. The highest BCUT2D eigenvalue weighted by Gasteiger charge is 2.24. The predicted octanol–water partition coefficient (Wildman–Crippen LogP) is 3.48. The van der Waals surface area contributed by atoms with Crippen molar-refractivity contribution in [2.24, 2.45) is 0 Å². The molecule has 0 fully saturated rings. The molecule has 0 atom stereocenters. The molecular formula is C17H18Cl2N2O4S. The molecular weight excluding hydrogens is 399 g/mol. The molecule has 1 N–H and O–H groups in total. The fraction of sp³-hybridized carbons (Fsp3) is 0.235. The van der Waals surface area contributed by atoms with E-state index in [0.29, 0.717) is 0 Å². The normalized spacial score (nSPS) is 11.1. The minimum Gasteiger partial charge on any atom is -0.495 e. The van der Waals surface area contributed by atoms with Crippen molar-refractivity contribution in [1.29, 1.82) is 0 Å². The standard InChI is InChI=1S/C17H18Cl2N2O4S/c1-21(11-7-5-4-6-8-11)14(22)10-20-12-9-13(25-2)16(19)17(15(12)18)26(3,23)24/h4-9,20H,10H2,1-3H3. The van der Waals surface area contributed by atoms with Gasteiger partial charge in [0.2, 0.25) is 5.91 Å². The SMILES string of the molecule is COc1cc(NCC(=O)N(C)c2ccccc2)c(Cl)c(S(C)(=O)=O)c1Cl. The van der Waals surface area contributed by atoms with Crippen molar-refractivity contribution < 1.29 is 17.9 Å². The van der Waals surface area contributed by atoms with Crippen molar-refractivity contribution >= 4 is 50.3 Å². The molecule has 0 radical (unpaired) electrons. The van der Waals surface area contributed by atoms with Gasteiger partial charge in [-0.3, -0.25) is 4.79 Å². The number of hydrogen-bond donors (Lipinski definition) is 1. The van der Waals surface area contributed by atoms with Crippen LogP contribution in [0.4, 0.5) is 11.4 Å². The van der Waals surface area contributed by atoms with Gasteiger partial charge in [-0.05, 0) is 12.1 Å². The number of para-hydroxylation sites is 1. The van der Waals surface area contributed by atoms with E-state index in [0.717, 1.165) is 11.9 Å². The zero-order chi connectivity index (χ0) is 19.5. The fourth-order valence-corrected chi connectivity index (χ4v) is 4.47. The molecule has 0 spiro atoms. The first kappa shape index (κ1) is 20.4. The second-order valence-corrected chi connectivity index (χ2v) is 8.21. The molecule has 0 unspecified atom stereocenters. The molecule has 1 amide bonds. The Balaban J connectivity index is 2.28. The van der Waals surface area contributed by atoms with E-state index in [1.807, 2.05) is 18.2 Å². The van der Waals surface area contributed by atoms with Crippen molar-refractivity contribution in [3.63, 3.8) is 0 Å². The lowest BCUT2D eigenvalue weighted by molar-refractivity contribution is -0.116. The van der Waals surface area contributed by atoms with Crippen LogP contribution in [0.15, 0.2) is 41.3 Å². The van der Waals surface area contributed by atoms with Crippen molar-refractivity contribution in [2.75, 3.05) is 37.2 Å². The smallest absolute Gasteiger partial charge is 0.246 e. The minimum atomic E-state index is -3.70. The maximum Gasteiger partial charge on any atom is 0.246 e. The first-order chi connectivity index (χ1) is 12.2. The van der Waals surface area contributed by atoms with E-state index >= 15 is 0 Å². The molecule has 0 bridgehead atoms. The zero-order valence-electron chi connectivity index (χ0n) is 14.4. The van der Waals surface area contributed by atoms with E-state index < -0.39 is 9.84 Å². The molecule has 6 nitrogen and oxygen atoms in total. The quantitative estimate of drug-likeness (QED) is 0.779. The number of nitrogens with zero attached hydrogens (tertiary/aromatic N) is 1. The molecule has 140 valence electrons. The van der Waals surface area contributed by atoms with Crippen molar-refractivity contribution in [3.8, 4) is 5.75 Å². The van der Waals surface area contributed by atoms with Crippen LogP contribution in [-0.4, -0.2) is 41.3 Å². The largest absolute Gasteiger partial charge is 0.495 e. The Hall–Kier alpha value is -1.96. The average Bonchev–Trinajstić information content (AvgIpc) is 2.59. The number of anilines is 2. The van der Waals surface area contributed by atoms with E-state index in [4.69, 9.17) is 27.9 Å². The maximum absolute atomic E-state index is 12.4. The number of rotatable bonds is 6. The Bertz CT molecular complexity index is 918. The van der Waals surface area contributed by atoms with Gasteiger partial charge in [0.05, 0.1) is 24.4 Å². The number of nitrogens with one attached hydrogen (secondary N) is 1. The van der Waals surface area contributed by atoms with Crippen molar-refractivity contribution in [3.05, 3.63) is 46.4 Å². The van der Waals surface area contributed by atoms with Crippen LogP contribution in [-0.2, 0) is 14.6 Å². The van der Waals surface area contributed by atoms with Crippen LogP contribution >= 0.6 is 23.2 Å². The molecule has 0 saturated heterocycles. The molecule has 2 rings (SSSR count). The number of ether oxygens (including phenoxy) is 1. The molecule has 0 aliphatic heterocycles. The zero-order valence-corrected chi connectivity index (χ0v) is 16.7. The lowest BCUT2D eigenvalue weighted by Gasteiger charge is -2.19. The van der Waals surface area contributed by atoms with Gasteiger partial charge in [-0.15, -0.1) is 0 Å². The van der Waals surface area contributed by atoms with Crippen LogP contribution in [0.3, 0.4) is 0 Å². The van der Waals surface area contributed by atoms with Crippen LogP contribution in [0, 0.1) is 0 Å². The number of likely N-dealkylation sites (N-methyl/N-ethyl adjacent to an activating group) is 1. The van der Waals surface area contributed by atoms with Gasteiger partial charge in [-0.1, -0.05) is 41.4 Å². The van der Waals surface area contributed by atoms with Crippen molar-refractivity contribution in [1.82, 2.24) is 0 Å². The van der Waals surface area contributed by atoms with Gasteiger partial charge in [0, 0.05) is 25.1 Å². The maximum atomic E-state index is 12.4. The second kappa shape index (κ2) is 8.16. The summed E-state index contributed by atoms with van der Waals surface area (Å²) in [6.07, 6.45) is 0.998. The summed E-state index contributed by atoms with van der Waals surface area (Å²) in [4.78, 5) is 13.6. The van der Waals surface area contributed by atoms with E-state index in [2.05, 4.69) is 5.32 Å². The highest BCUT2D eigenvalue weighted by Crippen LogP contribution is 2.41. The molecule has 2 aromatic carbocycles. The molecule has 0 aliphatic rings. The van der Waals surface area contributed by atoms with Crippen LogP contribution in [0.25, 0.3) is 0 Å². The summed E-state index contributed by atoms with van der Waals surface area (Å²) in [6, 6.07) is 10.6.